The molecule has 1 aliphatic heterocycles. The minimum atomic E-state index is -0.471. The first-order valence-electron chi connectivity index (χ1n) is 5.66. The summed E-state index contributed by atoms with van der Waals surface area (Å²) in [6.45, 7) is 1.74. The summed E-state index contributed by atoms with van der Waals surface area (Å²) in [4.78, 5) is 21.7. The van der Waals surface area contributed by atoms with Gasteiger partial charge in [-0.25, -0.2) is 0 Å². The van der Waals surface area contributed by atoms with E-state index < -0.39 is 10.9 Å². The molecule has 18 heavy (non-hydrogen) atoms. The number of benzene rings is 1. The summed E-state index contributed by atoms with van der Waals surface area (Å²) < 4.78 is 4.56. The van der Waals surface area contributed by atoms with Crippen molar-refractivity contribution in [2.75, 3.05) is 20.2 Å². The van der Waals surface area contributed by atoms with Crippen LogP contribution in [-0.4, -0.2) is 31.1 Å². The molecule has 0 spiro atoms. The van der Waals surface area contributed by atoms with Crippen LogP contribution >= 0.6 is 0 Å². The van der Waals surface area contributed by atoms with Gasteiger partial charge in [-0.3, -0.25) is 14.9 Å². The highest BCUT2D eigenvalue weighted by Crippen LogP contribution is 2.26. The van der Waals surface area contributed by atoms with E-state index in [1.165, 1.54) is 13.2 Å². The van der Waals surface area contributed by atoms with Crippen molar-refractivity contribution >= 4 is 11.7 Å². The van der Waals surface area contributed by atoms with E-state index in [1.807, 2.05) is 0 Å². The first-order valence-corrected chi connectivity index (χ1v) is 5.66. The van der Waals surface area contributed by atoms with E-state index in [-0.39, 0.29) is 12.1 Å². The van der Waals surface area contributed by atoms with Gasteiger partial charge in [-0.2, -0.15) is 0 Å². The van der Waals surface area contributed by atoms with Crippen LogP contribution in [0.1, 0.15) is 17.0 Å². The highest BCUT2D eigenvalue weighted by molar-refractivity contribution is 5.74. The summed E-state index contributed by atoms with van der Waals surface area (Å²) >= 11 is 0. The summed E-state index contributed by atoms with van der Waals surface area (Å²) in [6, 6.07) is 4.96. The van der Waals surface area contributed by atoms with Crippen LogP contribution in [0.3, 0.4) is 0 Å². The number of carbonyl (C=O) groups is 1. The third kappa shape index (κ3) is 2.48. The second kappa shape index (κ2) is 5.14. The molecule has 96 valence electrons. The van der Waals surface area contributed by atoms with Gasteiger partial charge in [0.15, 0.2) is 0 Å². The zero-order valence-corrected chi connectivity index (χ0v) is 10.0. The van der Waals surface area contributed by atoms with Crippen LogP contribution in [-0.2, 0) is 16.0 Å². The van der Waals surface area contributed by atoms with Crippen molar-refractivity contribution < 1.29 is 14.5 Å². The van der Waals surface area contributed by atoms with Crippen molar-refractivity contribution in [3.05, 3.63) is 39.4 Å². The normalized spacial score (nSPS) is 14.9. The maximum atomic E-state index is 11.3. The van der Waals surface area contributed by atoms with Crippen LogP contribution < -0.4 is 5.32 Å². The molecule has 1 heterocycles. The number of methoxy groups -OCH3 is 1. The molecule has 0 aliphatic carbocycles. The monoisotopic (exact) mass is 250 g/mol. The fourth-order valence-corrected chi connectivity index (χ4v) is 1.93. The second-order valence-electron chi connectivity index (χ2n) is 4.25. The molecule has 1 fully saturated rings. The van der Waals surface area contributed by atoms with E-state index >= 15 is 0 Å². The summed E-state index contributed by atoms with van der Waals surface area (Å²) in [5.74, 6) is -0.0933. The van der Waals surface area contributed by atoms with Gasteiger partial charge in [0.05, 0.1) is 18.5 Å². The summed E-state index contributed by atoms with van der Waals surface area (Å²) in [5.41, 5.74) is 1.41. The molecule has 6 nitrogen and oxygen atoms in total. The minimum Gasteiger partial charge on any atom is -0.469 e. The van der Waals surface area contributed by atoms with Crippen molar-refractivity contribution in [2.24, 2.45) is 0 Å². The van der Waals surface area contributed by atoms with Crippen LogP contribution in [0, 0.1) is 10.1 Å². The summed E-state index contributed by atoms with van der Waals surface area (Å²) in [7, 11) is 1.27. The lowest BCUT2D eigenvalue weighted by atomic mass is 9.91. The van der Waals surface area contributed by atoms with Crippen LogP contribution in [0.4, 0.5) is 5.69 Å². The molecule has 0 aromatic heterocycles. The van der Waals surface area contributed by atoms with Gasteiger partial charge in [-0.1, -0.05) is 6.07 Å². The summed E-state index contributed by atoms with van der Waals surface area (Å²) in [6.07, 6.45) is -0.0686. The topological polar surface area (TPSA) is 81.5 Å². The molecule has 0 bridgehead atoms. The lowest BCUT2D eigenvalue weighted by Crippen LogP contribution is -2.39. The Morgan fingerprint density at radius 1 is 1.56 bits per heavy atom. The van der Waals surface area contributed by atoms with Gasteiger partial charge in [0.25, 0.3) is 5.69 Å². The molecule has 1 saturated heterocycles. The Hall–Kier alpha value is -1.95. The number of rotatable bonds is 4. The van der Waals surface area contributed by atoms with Gasteiger partial charge in [0, 0.05) is 30.6 Å². The van der Waals surface area contributed by atoms with Gasteiger partial charge in [-0.05, 0) is 11.6 Å². The number of ether oxygens (including phenoxy) is 1. The van der Waals surface area contributed by atoms with Crippen molar-refractivity contribution in [2.45, 2.75) is 12.3 Å². The van der Waals surface area contributed by atoms with Crippen LogP contribution in [0.5, 0.6) is 0 Å². The number of carbonyl (C=O) groups excluding carboxylic acids is 1. The molecule has 0 radical (unpaired) electrons. The molecule has 2 rings (SSSR count). The Morgan fingerprint density at radius 3 is 2.78 bits per heavy atom. The Bertz CT molecular complexity index is 483. The number of esters is 1. The fourth-order valence-electron chi connectivity index (χ4n) is 1.93. The molecular weight excluding hydrogens is 236 g/mol. The average molecular weight is 250 g/mol. The SMILES string of the molecule is COC(=O)Cc1cc(C2CNC2)ccc1[N+](=O)[O-]. The second-order valence-corrected chi connectivity index (χ2v) is 4.25. The predicted octanol–water partition coefficient (Wildman–Crippen LogP) is 0.997. The molecule has 0 atom stereocenters. The molecule has 1 aromatic rings. The third-order valence-electron chi connectivity index (χ3n) is 3.12. The predicted molar refractivity (Wildman–Crippen MR) is 64.4 cm³/mol. The number of nitro groups is 1. The van der Waals surface area contributed by atoms with Gasteiger partial charge in [-0.15, -0.1) is 0 Å². The maximum Gasteiger partial charge on any atom is 0.310 e. The minimum absolute atomic E-state index is 0.0311. The smallest absolute Gasteiger partial charge is 0.310 e. The quantitative estimate of drug-likeness (QED) is 0.489. The number of hydrogen-bond donors (Lipinski definition) is 1. The molecule has 6 heteroatoms. The van der Waals surface area contributed by atoms with E-state index in [4.69, 9.17) is 0 Å². The molecule has 1 aromatic carbocycles. The maximum absolute atomic E-state index is 11.3. The lowest BCUT2D eigenvalue weighted by Gasteiger charge is -2.27. The van der Waals surface area contributed by atoms with E-state index in [0.29, 0.717) is 11.5 Å². The zero-order valence-electron chi connectivity index (χ0n) is 10.0. The van der Waals surface area contributed by atoms with E-state index in [9.17, 15) is 14.9 Å². The van der Waals surface area contributed by atoms with Gasteiger partial charge >= 0.3 is 5.97 Å². The van der Waals surface area contributed by atoms with Crippen molar-refractivity contribution in [3.63, 3.8) is 0 Å². The van der Waals surface area contributed by atoms with Crippen molar-refractivity contribution in [3.8, 4) is 0 Å². The van der Waals surface area contributed by atoms with Gasteiger partial charge < -0.3 is 10.1 Å². The molecule has 1 aliphatic rings. The Morgan fingerprint density at radius 2 is 2.28 bits per heavy atom. The fraction of sp³-hybridized carbons (Fsp3) is 0.417. The molecule has 0 unspecified atom stereocenters. The van der Waals surface area contributed by atoms with E-state index in [2.05, 4.69) is 10.1 Å². The number of nitro benzene ring substituents is 1. The van der Waals surface area contributed by atoms with Crippen LogP contribution in [0.2, 0.25) is 0 Å². The van der Waals surface area contributed by atoms with Crippen LogP contribution in [0.25, 0.3) is 0 Å². The number of nitrogens with one attached hydrogen (secondary N) is 1. The van der Waals surface area contributed by atoms with Crippen molar-refractivity contribution in [1.29, 1.82) is 0 Å². The number of nitrogens with zero attached hydrogens (tertiary/aromatic N) is 1. The first kappa shape index (κ1) is 12.5. The number of hydrogen-bond acceptors (Lipinski definition) is 5. The first-order chi connectivity index (χ1) is 8.61. The molecule has 0 saturated carbocycles. The zero-order chi connectivity index (χ0) is 13.1. The van der Waals surface area contributed by atoms with Crippen molar-refractivity contribution in [1.82, 2.24) is 5.32 Å². The Balaban J connectivity index is 2.30. The average Bonchev–Trinajstić information content (AvgIpc) is 2.26. The van der Waals surface area contributed by atoms with Gasteiger partial charge in [0.1, 0.15) is 0 Å². The summed E-state index contributed by atoms with van der Waals surface area (Å²) in [5, 5.41) is 14.0. The molecule has 0 amide bonds. The largest absolute Gasteiger partial charge is 0.469 e. The molecule has 1 N–H and O–H groups in total. The highest BCUT2D eigenvalue weighted by atomic mass is 16.6. The Labute approximate surface area is 104 Å². The van der Waals surface area contributed by atoms with Crippen LogP contribution in [0.15, 0.2) is 18.2 Å². The standard InChI is InChI=1S/C12H14N2O4/c1-18-12(15)5-9-4-8(10-6-13-7-10)2-3-11(9)14(16)17/h2-4,10,13H,5-7H2,1H3. The highest BCUT2D eigenvalue weighted by Gasteiger charge is 2.23. The van der Waals surface area contributed by atoms with E-state index in [1.54, 1.807) is 12.1 Å². The van der Waals surface area contributed by atoms with E-state index in [0.717, 1.165) is 18.7 Å². The third-order valence-corrected chi connectivity index (χ3v) is 3.12. The molecular formula is C12H14N2O4. The Kier molecular flexibility index (Phi) is 3.57. The lowest BCUT2D eigenvalue weighted by molar-refractivity contribution is -0.385. The van der Waals surface area contributed by atoms with Gasteiger partial charge in [0.2, 0.25) is 0 Å².